The molecule has 128 valence electrons. The van der Waals surface area contributed by atoms with E-state index < -0.39 is 10.0 Å². The minimum absolute atomic E-state index is 0.144. The summed E-state index contributed by atoms with van der Waals surface area (Å²) in [6.07, 6.45) is 0.394. The van der Waals surface area contributed by atoms with Crippen LogP contribution < -0.4 is 0 Å². The summed E-state index contributed by atoms with van der Waals surface area (Å²) in [6.45, 7) is 2.61. The van der Waals surface area contributed by atoms with Crippen molar-refractivity contribution in [2.24, 2.45) is 0 Å². The lowest BCUT2D eigenvalue weighted by atomic mass is 10.1. The Bertz CT molecular complexity index is 778. The fourth-order valence-electron chi connectivity index (χ4n) is 2.94. The molecule has 1 heterocycles. The monoisotopic (exact) mass is 365 g/mol. The summed E-state index contributed by atoms with van der Waals surface area (Å²) in [4.78, 5) is 0.263. The van der Waals surface area contributed by atoms with Crippen LogP contribution in [-0.4, -0.2) is 38.0 Å². The Labute approximate surface area is 148 Å². The van der Waals surface area contributed by atoms with Crippen LogP contribution in [0, 0.1) is 0 Å². The zero-order valence-electron chi connectivity index (χ0n) is 13.4. The predicted molar refractivity (Wildman–Crippen MR) is 94.7 cm³/mol. The minimum Gasteiger partial charge on any atom is -0.372 e. The molecule has 3 rings (SSSR count). The van der Waals surface area contributed by atoms with Crippen molar-refractivity contribution >= 4 is 21.6 Å². The van der Waals surface area contributed by atoms with Crippen molar-refractivity contribution in [3.8, 4) is 0 Å². The van der Waals surface area contributed by atoms with E-state index in [1.54, 1.807) is 24.3 Å². The van der Waals surface area contributed by atoms with Crippen LogP contribution in [0.5, 0.6) is 0 Å². The molecule has 0 amide bonds. The normalized spacial score (nSPS) is 22.4. The highest BCUT2D eigenvalue weighted by molar-refractivity contribution is 7.89. The Morgan fingerprint density at radius 3 is 2.42 bits per heavy atom. The van der Waals surface area contributed by atoms with E-state index in [0.717, 1.165) is 5.56 Å². The van der Waals surface area contributed by atoms with E-state index in [1.165, 1.54) is 4.31 Å². The van der Waals surface area contributed by atoms with Gasteiger partial charge < -0.3 is 4.74 Å². The largest absolute Gasteiger partial charge is 0.372 e. The molecule has 6 heteroatoms. The van der Waals surface area contributed by atoms with Gasteiger partial charge in [-0.3, -0.25) is 0 Å². The summed E-state index contributed by atoms with van der Waals surface area (Å²) < 4.78 is 33.2. The molecule has 0 bridgehead atoms. The average molecular weight is 366 g/mol. The second kappa shape index (κ2) is 7.23. The van der Waals surface area contributed by atoms with Gasteiger partial charge in [-0.2, -0.15) is 4.31 Å². The first-order valence-corrected chi connectivity index (χ1v) is 9.72. The van der Waals surface area contributed by atoms with Crippen LogP contribution in [0.25, 0.3) is 0 Å². The van der Waals surface area contributed by atoms with Crippen LogP contribution in [0.3, 0.4) is 0 Å². The molecule has 0 aromatic heterocycles. The lowest BCUT2D eigenvalue weighted by Gasteiger charge is -2.36. The van der Waals surface area contributed by atoms with Crippen molar-refractivity contribution in [2.75, 3.05) is 13.1 Å². The van der Waals surface area contributed by atoms with E-state index in [1.807, 2.05) is 37.3 Å². The number of ether oxygens (including phenoxy) is 1. The number of rotatable bonds is 4. The van der Waals surface area contributed by atoms with E-state index in [0.29, 0.717) is 24.5 Å². The molecule has 0 spiro atoms. The van der Waals surface area contributed by atoms with Crippen LogP contribution in [0.15, 0.2) is 59.5 Å². The maximum absolute atomic E-state index is 12.9. The Kier molecular flexibility index (Phi) is 5.25. The van der Waals surface area contributed by atoms with Crippen LogP contribution in [0.4, 0.5) is 0 Å². The highest BCUT2D eigenvalue weighted by Gasteiger charge is 2.33. The Morgan fingerprint density at radius 2 is 1.75 bits per heavy atom. The number of sulfonamides is 1. The number of hydrogen-bond donors (Lipinski definition) is 0. The van der Waals surface area contributed by atoms with Crippen molar-refractivity contribution in [3.63, 3.8) is 0 Å². The quantitative estimate of drug-likeness (QED) is 0.834. The molecule has 0 saturated carbocycles. The third kappa shape index (κ3) is 3.98. The summed E-state index contributed by atoms with van der Waals surface area (Å²) in [5.41, 5.74) is 1.14. The first-order chi connectivity index (χ1) is 11.4. The van der Waals surface area contributed by atoms with Gasteiger partial charge in [0.15, 0.2) is 0 Å². The van der Waals surface area contributed by atoms with Crippen LogP contribution in [0.2, 0.25) is 5.02 Å². The Hall–Kier alpha value is -1.40. The summed E-state index contributed by atoms with van der Waals surface area (Å²) in [5, 5.41) is 0.520. The number of hydrogen-bond acceptors (Lipinski definition) is 3. The maximum atomic E-state index is 12.9. The molecule has 0 radical (unpaired) electrons. The van der Waals surface area contributed by atoms with Gasteiger partial charge in [0, 0.05) is 18.1 Å². The summed E-state index contributed by atoms with van der Waals surface area (Å²) in [7, 11) is -3.54. The van der Waals surface area contributed by atoms with Crippen molar-refractivity contribution < 1.29 is 13.2 Å². The standard InChI is InChI=1S/C18H20ClNO3S/c1-14-12-20(24(21,22)18-9-7-16(19)8-10-18)13-17(23-14)11-15-5-3-2-4-6-15/h2-10,14,17H,11-13H2,1H3. The number of morpholine rings is 1. The number of halogens is 1. The number of nitrogens with zero attached hydrogens (tertiary/aromatic N) is 1. The van der Waals surface area contributed by atoms with Gasteiger partial charge in [-0.05, 0) is 43.2 Å². The summed E-state index contributed by atoms with van der Waals surface area (Å²) in [5.74, 6) is 0. The minimum atomic E-state index is -3.54. The van der Waals surface area contributed by atoms with Crippen molar-refractivity contribution in [1.82, 2.24) is 4.31 Å². The molecular weight excluding hydrogens is 346 g/mol. The second-order valence-corrected chi connectivity index (χ2v) is 8.41. The van der Waals surface area contributed by atoms with Gasteiger partial charge in [-0.1, -0.05) is 41.9 Å². The van der Waals surface area contributed by atoms with Crippen LogP contribution in [-0.2, 0) is 21.2 Å². The molecule has 1 fully saturated rings. The molecule has 1 saturated heterocycles. The Morgan fingerprint density at radius 1 is 1.08 bits per heavy atom. The van der Waals surface area contributed by atoms with Gasteiger partial charge in [-0.15, -0.1) is 0 Å². The zero-order chi connectivity index (χ0) is 17.2. The predicted octanol–water partition coefficient (Wildman–Crippen LogP) is 3.36. The van der Waals surface area contributed by atoms with E-state index in [9.17, 15) is 8.42 Å². The molecule has 1 aliphatic rings. The average Bonchev–Trinajstić information content (AvgIpc) is 2.55. The van der Waals surface area contributed by atoms with Gasteiger partial charge in [-0.25, -0.2) is 8.42 Å². The smallest absolute Gasteiger partial charge is 0.243 e. The molecule has 2 unspecified atom stereocenters. The van der Waals surface area contributed by atoms with Crippen LogP contribution >= 0.6 is 11.6 Å². The third-order valence-corrected chi connectivity index (χ3v) is 6.15. The van der Waals surface area contributed by atoms with E-state index in [2.05, 4.69) is 0 Å². The van der Waals surface area contributed by atoms with Gasteiger partial charge >= 0.3 is 0 Å². The maximum Gasteiger partial charge on any atom is 0.243 e. The van der Waals surface area contributed by atoms with E-state index in [-0.39, 0.29) is 17.1 Å². The summed E-state index contributed by atoms with van der Waals surface area (Å²) >= 11 is 5.86. The second-order valence-electron chi connectivity index (χ2n) is 6.03. The third-order valence-electron chi connectivity index (χ3n) is 4.05. The first-order valence-electron chi connectivity index (χ1n) is 7.90. The molecule has 24 heavy (non-hydrogen) atoms. The van der Waals surface area contributed by atoms with Gasteiger partial charge in [0.05, 0.1) is 17.1 Å². The fraction of sp³-hybridized carbons (Fsp3) is 0.333. The lowest BCUT2D eigenvalue weighted by molar-refractivity contribution is -0.0529. The zero-order valence-corrected chi connectivity index (χ0v) is 15.0. The number of benzene rings is 2. The molecule has 4 nitrogen and oxygen atoms in total. The van der Waals surface area contributed by atoms with Gasteiger partial charge in [0.2, 0.25) is 10.0 Å². The van der Waals surface area contributed by atoms with Crippen LogP contribution in [0.1, 0.15) is 12.5 Å². The van der Waals surface area contributed by atoms with Crippen molar-refractivity contribution in [1.29, 1.82) is 0 Å². The first kappa shape index (κ1) is 17.4. The molecule has 2 aromatic rings. The molecular formula is C18H20ClNO3S. The topological polar surface area (TPSA) is 46.6 Å². The molecule has 2 atom stereocenters. The molecule has 2 aromatic carbocycles. The molecule has 0 N–H and O–H groups in total. The molecule has 0 aliphatic carbocycles. The van der Waals surface area contributed by atoms with E-state index >= 15 is 0 Å². The summed E-state index contributed by atoms with van der Waals surface area (Å²) in [6, 6.07) is 16.3. The Balaban J connectivity index is 1.78. The highest BCUT2D eigenvalue weighted by atomic mass is 35.5. The van der Waals surface area contributed by atoms with Crippen molar-refractivity contribution in [3.05, 3.63) is 65.2 Å². The van der Waals surface area contributed by atoms with E-state index in [4.69, 9.17) is 16.3 Å². The highest BCUT2D eigenvalue weighted by Crippen LogP contribution is 2.23. The van der Waals surface area contributed by atoms with Gasteiger partial charge in [0.25, 0.3) is 0 Å². The SMILES string of the molecule is CC1CN(S(=O)(=O)c2ccc(Cl)cc2)CC(Cc2ccccc2)O1. The molecule has 1 aliphatic heterocycles. The lowest BCUT2D eigenvalue weighted by Crippen LogP contribution is -2.49. The van der Waals surface area contributed by atoms with Gasteiger partial charge in [0.1, 0.15) is 0 Å². The fourth-order valence-corrected chi connectivity index (χ4v) is 4.62. The van der Waals surface area contributed by atoms with Crippen molar-refractivity contribution in [2.45, 2.75) is 30.4 Å².